The molecule has 3 aromatic rings. The van der Waals surface area contributed by atoms with Crippen LogP contribution in [-0.4, -0.2) is 13.5 Å². The molecular weight excluding hydrogens is 392 g/mol. The van der Waals surface area contributed by atoms with E-state index in [1.807, 2.05) is 53.3 Å². The van der Waals surface area contributed by atoms with Gasteiger partial charge in [0.15, 0.2) is 0 Å². The maximum Gasteiger partial charge on any atom is 0.330 e. The molecule has 0 spiro atoms. The smallest absolute Gasteiger partial charge is 0.330 e. The minimum atomic E-state index is -3.98. The van der Waals surface area contributed by atoms with Gasteiger partial charge in [0, 0.05) is 6.07 Å². The van der Waals surface area contributed by atoms with E-state index in [1.54, 1.807) is 30.3 Å². The highest BCUT2D eigenvalue weighted by Gasteiger charge is 2.31. The molecular formula is C21H18N2O5S. The zero-order valence-electron chi connectivity index (χ0n) is 15.2. The number of aliphatic hydroxyl groups excluding tert-OH is 1. The molecule has 3 aromatic carbocycles. The van der Waals surface area contributed by atoms with Crippen molar-refractivity contribution in [3.8, 4) is 17.2 Å². The molecule has 0 unspecified atom stereocenters. The highest BCUT2D eigenvalue weighted by Crippen LogP contribution is 2.37. The van der Waals surface area contributed by atoms with Crippen molar-refractivity contribution in [2.24, 2.45) is 0 Å². The van der Waals surface area contributed by atoms with Gasteiger partial charge in [-0.25, -0.2) is 9.03 Å². The summed E-state index contributed by atoms with van der Waals surface area (Å²) in [7, 11) is -3.98. The van der Waals surface area contributed by atoms with Crippen molar-refractivity contribution >= 4 is 15.9 Å². The first-order valence-corrected chi connectivity index (χ1v) is 10.2. The van der Waals surface area contributed by atoms with Crippen molar-refractivity contribution in [3.05, 3.63) is 96.5 Å². The molecule has 1 heterocycles. The third kappa shape index (κ3) is 4.27. The number of anilines is 1. The fourth-order valence-electron chi connectivity index (χ4n) is 2.80. The second-order valence-corrected chi connectivity index (χ2v) is 7.78. The van der Waals surface area contributed by atoms with Crippen molar-refractivity contribution in [2.45, 2.75) is 6.61 Å². The Morgan fingerprint density at radius 3 is 2.24 bits per heavy atom. The summed E-state index contributed by atoms with van der Waals surface area (Å²) in [5.74, 6) is 0.879. The number of nitrogens with one attached hydrogen (secondary N) is 1. The lowest BCUT2D eigenvalue weighted by molar-refractivity contribution is 0.307. The average molecular weight is 410 g/mol. The highest BCUT2D eigenvalue weighted by atomic mass is 32.2. The van der Waals surface area contributed by atoms with Crippen LogP contribution in [0.3, 0.4) is 0 Å². The number of aliphatic hydroxyl groups is 1. The zero-order chi connectivity index (χ0) is 20.3. The Balaban J connectivity index is 1.68. The molecule has 0 atom stereocenters. The Kier molecular flexibility index (Phi) is 5.01. The predicted molar refractivity (Wildman–Crippen MR) is 109 cm³/mol. The van der Waals surface area contributed by atoms with Gasteiger partial charge in [-0.2, -0.15) is 8.42 Å². The van der Waals surface area contributed by atoms with Gasteiger partial charge in [-0.3, -0.25) is 0 Å². The van der Waals surface area contributed by atoms with Gasteiger partial charge in [-0.15, -0.1) is 0 Å². The third-order valence-electron chi connectivity index (χ3n) is 4.12. The van der Waals surface area contributed by atoms with E-state index in [9.17, 15) is 13.5 Å². The highest BCUT2D eigenvalue weighted by molar-refractivity contribution is 7.91. The summed E-state index contributed by atoms with van der Waals surface area (Å²) < 4.78 is 39.4. The summed E-state index contributed by atoms with van der Waals surface area (Å²) in [6.45, 7) is 0.254. The molecule has 0 saturated carbocycles. The van der Waals surface area contributed by atoms with E-state index in [0.717, 1.165) is 16.1 Å². The van der Waals surface area contributed by atoms with E-state index in [2.05, 4.69) is 0 Å². The van der Waals surface area contributed by atoms with Gasteiger partial charge < -0.3 is 14.6 Å². The predicted octanol–water partition coefficient (Wildman–Crippen LogP) is 4.07. The summed E-state index contributed by atoms with van der Waals surface area (Å²) >= 11 is 0. The minimum Gasteiger partial charge on any atom is -0.493 e. The number of hydrogen-bond acceptors (Lipinski definition) is 5. The quantitative estimate of drug-likeness (QED) is 0.640. The Hall–Kier alpha value is -3.65. The van der Waals surface area contributed by atoms with Crippen LogP contribution in [0.4, 0.5) is 5.69 Å². The van der Waals surface area contributed by atoms with Gasteiger partial charge in [-0.05, 0) is 29.8 Å². The number of benzene rings is 3. The Labute approximate surface area is 168 Å². The standard InChI is InChI=1S/C21H18N2O5S/c24-21-14-23(29(25,26)22-21)19-13-18(28-17-9-5-2-6-10-17)11-12-20(19)27-15-16-7-3-1-4-8-16/h1-14,22,24H,15H2. The lowest BCUT2D eigenvalue weighted by Crippen LogP contribution is -2.29. The molecule has 0 bridgehead atoms. The van der Waals surface area contributed by atoms with Gasteiger partial charge in [0.25, 0.3) is 0 Å². The Bertz CT molecular complexity index is 1130. The van der Waals surface area contributed by atoms with Crippen LogP contribution in [0.2, 0.25) is 0 Å². The number of rotatable bonds is 6. The third-order valence-corrected chi connectivity index (χ3v) is 5.40. The van der Waals surface area contributed by atoms with Crippen LogP contribution >= 0.6 is 0 Å². The fourth-order valence-corrected chi connectivity index (χ4v) is 3.86. The van der Waals surface area contributed by atoms with E-state index in [1.165, 1.54) is 0 Å². The first-order valence-electron chi connectivity index (χ1n) is 8.78. The fraction of sp³-hybridized carbons (Fsp3) is 0.0476. The monoisotopic (exact) mass is 410 g/mol. The van der Waals surface area contributed by atoms with Crippen molar-refractivity contribution in [1.82, 2.24) is 4.72 Å². The molecule has 8 heteroatoms. The normalized spacial score (nSPS) is 14.8. The van der Waals surface area contributed by atoms with Crippen LogP contribution in [0.1, 0.15) is 5.56 Å². The van der Waals surface area contributed by atoms with Gasteiger partial charge in [-0.1, -0.05) is 48.5 Å². The minimum absolute atomic E-state index is 0.214. The van der Waals surface area contributed by atoms with Crippen LogP contribution in [0.5, 0.6) is 17.2 Å². The molecule has 4 rings (SSSR count). The second kappa shape index (κ2) is 7.76. The lowest BCUT2D eigenvalue weighted by atomic mass is 10.2. The summed E-state index contributed by atoms with van der Waals surface area (Å²) in [5.41, 5.74) is 1.15. The van der Waals surface area contributed by atoms with Crippen LogP contribution in [0.15, 0.2) is 90.9 Å². The molecule has 0 radical (unpaired) electrons. The molecule has 0 aliphatic carbocycles. The molecule has 1 aliphatic heterocycles. The van der Waals surface area contributed by atoms with Crippen molar-refractivity contribution in [1.29, 1.82) is 0 Å². The van der Waals surface area contributed by atoms with Gasteiger partial charge in [0.1, 0.15) is 29.5 Å². The molecule has 0 fully saturated rings. The van der Waals surface area contributed by atoms with E-state index in [4.69, 9.17) is 9.47 Å². The summed E-state index contributed by atoms with van der Waals surface area (Å²) in [6.07, 6.45) is 1.08. The maximum atomic E-state index is 12.4. The largest absolute Gasteiger partial charge is 0.493 e. The topological polar surface area (TPSA) is 88.1 Å². The summed E-state index contributed by atoms with van der Waals surface area (Å²) in [4.78, 5) is 0. The van der Waals surface area contributed by atoms with E-state index in [-0.39, 0.29) is 12.3 Å². The van der Waals surface area contributed by atoms with Crippen LogP contribution < -0.4 is 18.5 Å². The number of hydrogen-bond donors (Lipinski definition) is 2. The summed E-state index contributed by atoms with van der Waals surface area (Å²) in [6, 6.07) is 23.5. The molecule has 0 saturated heterocycles. The van der Waals surface area contributed by atoms with Crippen LogP contribution in [0, 0.1) is 0 Å². The van der Waals surface area contributed by atoms with Gasteiger partial charge >= 0.3 is 10.2 Å². The number of para-hydroxylation sites is 1. The molecule has 1 aliphatic rings. The number of nitrogens with zero attached hydrogens (tertiary/aromatic N) is 1. The molecule has 0 aromatic heterocycles. The number of ether oxygens (including phenoxy) is 2. The van der Waals surface area contributed by atoms with Crippen molar-refractivity contribution in [3.63, 3.8) is 0 Å². The molecule has 7 nitrogen and oxygen atoms in total. The second-order valence-electron chi connectivity index (χ2n) is 6.24. The Morgan fingerprint density at radius 2 is 1.59 bits per heavy atom. The SMILES string of the molecule is O=S1(=O)NC(O)=CN1c1cc(Oc2ccccc2)ccc1OCc1ccccc1. The van der Waals surface area contributed by atoms with Crippen molar-refractivity contribution < 1.29 is 23.0 Å². The maximum absolute atomic E-state index is 12.4. The molecule has 148 valence electrons. The zero-order valence-corrected chi connectivity index (χ0v) is 16.0. The molecule has 0 amide bonds. The van der Waals surface area contributed by atoms with E-state index in [0.29, 0.717) is 17.2 Å². The molecule has 2 N–H and O–H groups in total. The lowest BCUT2D eigenvalue weighted by Gasteiger charge is -2.19. The van der Waals surface area contributed by atoms with Crippen LogP contribution in [0.25, 0.3) is 0 Å². The molecule has 29 heavy (non-hydrogen) atoms. The van der Waals surface area contributed by atoms with E-state index >= 15 is 0 Å². The first kappa shape index (κ1) is 18.7. The van der Waals surface area contributed by atoms with E-state index < -0.39 is 16.1 Å². The summed E-state index contributed by atoms with van der Waals surface area (Å²) in [5, 5.41) is 9.66. The van der Waals surface area contributed by atoms with Crippen molar-refractivity contribution in [2.75, 3.05) is 4.31 Å². The van der Waals surface area contributed by atoms with Gasteiger partial charge in [0.2, 0.25) is 5.88 Å². The van der Waals surface area contributed by atoms with Gasteiger partial charge in [0.05, 0.1) is 6.20 Å². The average Bonchev–Trinajstić information content (AvgIpc) is 3.00. The van der Waals surface area contributed by atoms with Crippen LogP contribution in [-0.2, 0) is 16.8 Å². The first-order chi connectivity index (χ1) is 14.0. The Morgan fingerprint density at radius 1 is 0.897 bits per heavy atom.